The van der Waals surface area contributed by atoms with Gasteiger partial charge < -0.3 is 20.4 Å². The van der Waals surface area contributed by atoms with Crippen molar-refractivity contribution in [1.29, 1.82) is 0 Å². The van der Waals surface area contributed by atoms with Gasteiger partial charge in [-0.1, -0.05) is 44.8 Å². The fourth-order valence-corrected chi connectivity index (χ4v) is 6.67. The van der Waals surface area contributed by atoms with Crippen LogP contribution in [0.2, 0.25) is 0 Å². The molecule has 0 aromatic rings. The highest BCUT2D eigenvalue weighted by Gasteiger charge is 2.40. The van der Waals surface area contributed by atoms with Gasteiger partial charge in [-0.05, 0) is 108 Å². The van der Waals surface area contributed by atoms with Crippen molar-refractivity contribution in [2.45, 2.75) is 135 Å². The molecular weight excluding hydrogens is 550 g/mol. The molecule has 0 unspecified atom stereocenters. The van der Waals surface area contributed by atoms with Crippen molar-refractivity contribution in [1.82, 2.24) is 15.6 Å². The van der Waals surface area contributed by atoms with E-state index in [4.69, 9.17) is 10.4 Å². The van der Waals surface area contributed by atoms with E-state index in [-0.39, 0.29) is 28.9 Å². The van der Waals surface area contributed by atoms with Crippen LogP contribution in [0.5, 0.6) is 0 Å². The zero-order chi connectivity index (χ0) is 31.3. The topological polar surface area (TPSA) is 143 Å². The molecule has 0 bridgehead atoms. The summed E-state index contributed by atoms with van der Waals surface area (Å²) in [5, 5.41) is 40.9. The highest BCUT2D eigenvalue weighted by molar-refractivity contribution is 5.78. The molecule has 10 nitrogen and oxygen atoms in total. The third-order valence-electron chi connectivity index (χ3n) is 9.33. The number of Topliss-reactive ketones (excluding diaryl/α,β-unsaturated/α-hetero) is 1. The number of piperidine rings is 1. The number of nitrogens with one attached hydrogen (secondary N) is 1. The number of aliphatic hydroxyl groups excluding tert-OH is 2. The van der Waals surface area contributed by atoms with E-state index in [0.29, 0.717) is 57.6 Å². The number of hydrogen-bond acceptors (Lipinski definition) is 9. The highest BCUT2D eigenvalue weighted by Crippen LogP contribution is 2.38. The maximum Gasteiger partial charge on any atom is 0.220 e. The minimum absolute atomic E-state index is 0.0162. The quantitative estimate of drug-likeness (QED) is 0.0567. The number of amides is 1. The summed E-state index contributed by atoms with van der Waals surface area (Å²) in [7, 11) is 0. The Morgan fingerprint density at radius 2 is 1.63 bits per heavy atom. The fourth-order valence-electron chi connectivity index (χ4n) is 6.67. The van der Waals surface area contributed by atoms with Crippen LogP contribution < -0.4 is 5.32 Å². The normalized spacial score (nSPS) is 23.5. The van der Waals surface area contributed by atoms with Crippen LogP contribution in [-0.2, 0) is 14.4 Å². The lowest BCUT2D eigenvalue weighted by Gasteiger charge is -2.32. The Morgan fingerprint density at radius 1 is 0.884 bits per heavy atom. The standard InChI is InChI=1S/C33H61N3O7/c1-2-3-4-5-8-14-28(37)17-18-30-29(31(38)26-32(30)39)15-9-6-7-10-16-33(40)34-21-12-22-35-23-19-27(20-24-35)13-11-25-43-36(41)42/h6,9,27,29-32,38-39,41-42H,2-5,7-8,10-26H2,1H3,(H,34,40)/b9-6-/t29-,30-,31+,32-/m1/s1. The number of allylic oxidation sites excluding steroid dienone is 2. The Bertz CT molecular complexity index is 774. The van der Waals surface area contributed by atoms with Gasteiger partial charge in [0.15, 0.2) is 0 Å². The average molecular weight is 612 g/mol. The SMILES string of the molecule is CCCCCCCC(=O)CC[C@@H]1[C@@H](C/C=C\CCCC(=O)NCCCN2CCC(CCCON(O)O)CC2)[C@@H](O)C[C@H]1O. The van der Waals surface area contributed by atoms with Crippen LogP contribution in [0.1, 0.15) is 122 Å². The number of carbonyl (C=O) groups is 2. The molecule has 1 aliphatic carbocycles. The maximum absolute atomic E-state index is 12.3. The first-order valence-corrected chi connectivity index (χ1v) is 17.1. The number of ketones is 1. The molecule has 0 radical (unpaired) electrons. The largest absolute Gasteiger partial charge is 0.393 e. The summed E-state index contributed by atoms with van der Waals surface area (Å²) in [6.45, 7) is 6.29. The molecule has 2 fully saturated rings. The number of unbranched alkanes of at least 4 members (excludes halogenated alkanes) is 5. The van der Waals surface area contributed by atoms with E-state index in [1.165, 1.54) is 19.3 Å². The van der Waals surface area contributed by atoms with Gasteiger partial charge in [0.1, 0.15) is 5.78 Å². The van der Waals surface area contributed by atoms with Gasteiger partial charge in [-0.3, -0.25) is 24.8 Å². The van der Waals surface area contributed by atoms with Crippen molar-refractivity contribution in [3.63, 3.8) is 0 Å². The zero-order valence-corrected chi connectivity index (χ0v) is 26.7. The number of hydrogen-bond donors (Lipinski definition) is 5. The lowest BCUT2D eigenvalue weighted by Crippen LogP contribution is -2.36. The number of rotatable bonds is 24. The van der Waals surface area contributed by atoms with E-state index in [1.807, 2.05) is 0 Å². The van der Waals surface area contributed by atoms with Gasteiger partial charge in [0.2, 0.25) is 5.91 Å². The number of nitrogens with zero attached hydrogens (tertiary/aromatic N) is 2. The predicted octanol–water partition coefficient (Wildman–Crippen LogP) is 5.18. The molecule has 1 aliphatic heterocycles. The molecule has 2 aliphatic rings. The monoisotopic (exact) mass is 611 g/mol. The molecule has 1 amide bonds. The average Bonchev–Trinajstić information content (AvgIpc) is 3.25. The van der Waals surface area contributed by atoms with Gasteiger partial charge in [-0.2, -0.15) is 0 Å². The number of aliphatic hydroxyl groups is 2. The Kier molecular flexibility index (Phi) is 20.2. The molecule has 4 atom stereocenters. The van der Waals surface area contributed by atoms with Crippen LogP contribution in [0.25, 0.3) is 0 Å². The van der Waals surface area contributed by atoms with Crippen LogP contribution in [0, 0.1) is 17.8 Å². The van der Waals surface area contributed by atoms with Crippen molar-refractivity contribution < 1.29 is 35.1 Å². The predicted molar refractivity (Wildman–Crippen MR) is 166 cm³/mol. The molecule has 2 rings (SSSR count). The lowest BCUT2D eigenvalue weighted by atomic mass is 9.86. The third-order valence-corrected chi connectivity index (χ3v) is 9.33. The molecule has 1 heterocycles. The number of carbonyl (C=O) groups excluding carboxylic acids is 2. The lowest BCUT2D eigenvalue weighted by molar-refractivity contribution is -0.492. The van der Waals surface area contributed by atoms with Gasteiger partial charge in [-0.25, -0.2) is 0 Å². The summed E-state index contributed by atoms with van der Waals surface area (Å²) in [6, 6.07) is 0. The summed E-state index contributed by atoms with van der Waals surface area (Å²) >= 11 is 0. The molecule has 1 saturated carbocycles. The first-order chi connectivity index (χ1) is 20.8. The molecule has 43 heavy (non-hydrogen) atoms. The Morgan fingerprint density at radius 3 is 2.37 bits per heavy atom. The van der Waals surface area contributed by atoms with Crippen LogP contribution >= 0.6 is 0 Å². The fraction of sp³-hybridized carbons (Fsp3) is 0.879. The minimum Gasteiger partial charge on any atom is -0.393 e. The third kappa shape index (κ3) is 17.0. The first-order valence-electron chi connectivity index (χ1n) is 17.1. The van der Waals surface area contributed by atoms with Crippen LogP contribution in [-0.4, -0.2) is 87.6 Å². The zero-order valence-electron chi connectivity index (χ0n) is 26.7. The number of likely N-dealkylation sites (tertiary alicyclic amines) is 1. The van der Waals surface area contributed by atoms with Crippen molar-refractivity contribution in [2.24, 2.45) is 17.8 Å². The van der Waals surface area contributed by atoms with Gasteiger partial charge in [-0.15, -0.1) is 0 Å². The molecule has 0 aromatic carbocycles. The molecule has 5 N–H and O–H groups in total. The Labute approximate surface area is 259 Å². The Hall–Kier alpha value is -1.40. The Balaban J connectivity index is 1.50. The summed E-state index contributed by atoms with van der Waals surface area (Å²) in [6.07, 6.45) is 18.7. The summed E-state index contributed by atoms with van der Waals surface area (Å²) in [4.78, 5) is 31.6. The second-order valence-electron chi connectivity index (χ2n) is 12.8. The first kappa shape index (κ1) is 37.8. The molecule has 0 aromatic heterocycles. The molecule has 250 valence electrons. The highest BCUT2D eigenvalue weighted by atomic mass is 17.1. The molecule has 0 spiro atoms. The summed E-state index contributed by atoms with van der Waals surface area (Å²) in [5.41, 5.74) is 0. The van der Waals surface area contributed by atoms with Gasteiger partial charge in [0.05, 0.1) is 24.2 Å². The van der Waals surface area contributed by atoms with Crippen molar-refractivity contribution in [2.75, 3.05) is 32.8 Å². The van der Waals surface area contributed by atoms with Crippen LogP contribution in [0.4, 0.5) is 0 Å². The maximum atomic E-state index is 12.3. The van der Waals surface area contributed by atoms with E-state index in [1.54, 1.807) is 0 Å². The molecule has 10 heteroatoms. The summed E-state index contributed by atoms with van der Waals surface area (Å²) in [5.74, 6) is 0.965. The van der Waals surface area contributed by atoms with E-state index in [2.05, 4.69) is 34.1 Å². The van der Waals surface area contributed by atoms with E-state index < -0.39 is 12.2 Å². The van der Waals surface area contributed by atoms with Gasteiger partial charge >= 0.3 is 0 Å². The second kappa shape index (κ2) is 23.0. The van der Waals surface area contributed by atoms with Gasteiger partial charge in [0, 0.05) is 25.8 Å². The van der Waals surface area contributed by atoms with Crippen molar-refractivity contribution >= 4 is 11.7 Å². The molecule has 1 saturated heterocycles. The smallest absolute Gasteiger partial charge is 0.220 e. The van der Waals surface area contributed by atoms with E-state index >= 15 is 0 Å². The second-order valence-corrected chi connectivity index (χ2v) is 12.8. The minimum atomic E-state index is -0.542. The molecular formula is C33H61N3O7. The van der Waals surface area contributed by atoms with Crippen LogP contribution in [0.3, 0.4) is 0 Å². The van der Waals surface area contributed by atoms with Crippen LogP contribution in [0.15, 0.2) is 12.2 Å². The van der Waals surface area contributed by atoms with Crippen molar-refractivity contribution in [3.8, 4) is 0 Å². The van der Waals surface area contributed by atoms with Crippen molar-refractivity contribution in [3.05, 3.63) is 12.2 Å². The summed E-state index contributed by atoms with van der Waals surface area (Å²) < 4.78 is 0. The van der Waals surface area contributed by atoms with Gasteiger partial charge in [0.25, 0.3) is 0 Å². The van der Waals surface area contributed by atoms with E-state index in [9.17, 15) is 19.8 Å². The van der Waals surface area contributed by atoms with E-state index in [0.717, 1.165) is 77.4 Å².